The summed E-state index contributed by atoms with van der Waals surface area (Å²) in [4.78, 5) is 21.4. The summed E-state index contributed by atoms with van der Waals surface area (Å²) in [5, 5.41) is 3.81. The van der Waals surface area contributed by atoms with Crippen LogP contribution in [0.1, 0.15) is 40.1 Å². The first-order chi connectivity index (χ1) is 9.10. The second-order valence-electron chi connectivity index (χ2n) is 4.19. The number of amides is 1. The molecule has 2 rings (SSSR count). The molecule has 0 aliphatic rings. The fraction of sp³-hybridized carbons (Fsp3) is 0.308. The molecule has 0 saturated carbocycles. The largest absolute Gasteiger partial charge is 0.384 e. The van der Waals surface area contributed by atoms with Crippen LogP contribution < -0.4 is 11.1 Å². The Morgan fingerprint density at radius 2 is 2.21 bits per heavy atom. The van der Waals surface area contributed by atoms with E-state index in [1.807, 2.05) is 13.1 Å². The van der Waals surface area contributed by atoms with E-state index in [0.29, 0.717) is 11.4 Å². The van der Waals surface area contributed by atoms with Gasteiger partial charge in [0.2, 0.25) is 0 Å². The molecule has 0 fully saturated rings. The van der Waals surface area contributed by atoms with Crippen LogP contribution in [-0.4, -0.2) is 15.9 Å². The topological polar surface area (TPSA) is 80.9 Å². The van der Waals surface area contributed by atoms with Crippen LogP contribution in [-0.2, 0) is 6.42 Å². The molecule has 3 N–H and O–H groups in total. The quantitative estimate of drug-likeness (QED) is 0.896. The maximum atomic E-state index is 12.0. The molecule has 6 heteroatoms. The standard InChI is InChI=1S/C13H16N4OS/c1-3-10-7-16-13(19-10)8(2)17-12(18)9-4-5-11(14)15-6-9/h4-8H,3H2,1-2H3,(H2,14,15)(H,17,18). The van der Waals surface area contributed by atoms with Gasteiger partial charge in [0, 0.05) is 17.3 Å². The number of hydrogen-bond donors (Lipinski definition) is 2. The van der Waals surface area contributed by atoms with Gasteiger partial charge < -0.3 is 11.1 Å². The van der Waals surface area contributed by atoms with Crippen molar-refractivity contribution in [2.75, 3.05) is 5.73 Å². The number of rotatable bonds is 4. The van der Waals surface area contributed by atoms with Crippen LogP contribution in [0, 0.1) is 0 Å². The molecule has 1 atom stereocenters. The average molecular weight is 276 g/mol. The summed E-state index contributed by atoms with van der Waals surface area (Å²) in [7, 11) is 0. The fourth-order valence-corrected chi connectivity index (χ4v) is 2.43. The number of aromatic nitrogens is 2. The summed E-state index contributed by atoms with van der Waals surface area (Å²) >= 11 is 1.62. The molecule has 1 unspecified atom stereocenters. The molecule has 0 bridgehead atoms. The molecular formula is C13H16N4OS. The number of nitrogens with two attached hydrogens (primary N) is 1. The number of anilines is 1. The summed E-state index contributed by atoms with van der Waals surface area (Å²) in [5.74, 6) is 0.227. The van der Waals surface area contributed by atoms with Crippen molar-refractivity contribution in [3.05, 3.63) is 40.0 Å². The second kappa shape index (κ2) is 5.79. The van der Waals surface area contributed by atoms with Gasteiger partial charge in [-0.15, -0.1) is 11.3 Å². The number of carbonyl (C=O) groups is 1. The van der Waals surface area contributed by atoms with E-state index in [1.54, 1.807) is 23.5 Å². The Morgan fingerprint density at radius 3 is 2.79 bits per heavy atom. The van der Waals surface area contributed by atoms with Gasteiger partial charge in [-0.25, -0.2) is 9.97 Å². The Balaban J connectivity index is 2.04. The molecule has 2 aromatic rings. The number of nitrogens with one attached hydrogen (secondary N) is 1. The van der Waals surface area contributed by atoms with Crippen molar-refractivity contribution >= 4 is 23.1 Å². The Hall–Kier alpha value is -1.95. The Kier molecular flexibility index (Phi) is 4.11. The molecule has 2 heterocycles. The maximum Gasteiger partial charge on any atom is 0.253 e. The van der Waals surface area contributed by atoms with Gasteiger partial charge in [0.1, 0.15) is 10.8 Å². The molecule has 0 saturated heterocycles. The molecule has 1 amide bonds. The maximum absolute atomic E-state index is 12.0. The van der Waals surface area contributed by atoms with Gasteiger partial charge in [-0.2, -0.15) is 0 Å². The third-order valence-electron chi connectivity index (χ3n) is 2.69. The van der Waals surface area contributed by atoms with Gasteiger partial charge in [0.15, 0.2) is 0 Å². The summed E-state index contributed by atoms with van der Waals surface area (Å²) < 4.78 is 0. The van der Waals surface area contributed by atoms with E-state index < -0.39 is 0 Å². The first kappa shape index (κ1) is 13.5. The van der Waals surface area contributed by atoms with Gasteiger partial charge in [-0.1, -0.05) is 6.92 Å². The highest BCUT2D eigenvalue weighted by Crippen LogP contribution is 2.20. The van der Waals surface area contributed by atoms with Crippen molar-refractivity contribution in [1.82, 2.24) is 15.3 Å². The van der Waals surface area contributed by atoms with E-state index >= 15 is 0 Å². The van der Waals surface area contributed by atoms with Gasteiger partial charge in [-0.05, 0) is 25.5 Å². The van der Waals surface area contributed by atoms with Gasteiger partial charge in [0.25, 0.3) is 5.91 Å². The molecule has 19 heavy (non-hydrogen) atoms. The van der Waals surface area contributed by atoms with E-state index in [1.165, 1.54) is 11.1 Å². The van der Waals surface area contributed by atoms with Gasteiger partial charge >= 0.3 is 0 Å². The van der Waals surface area contributed by atoms with Crippen molar-refractivity contribution in [2.45, 2.75) is 26.3 Å². The summed E-state index contributed by atoms with van der Waals surface area (Å²) in [6.07, 6.45) is 4.28. The van der Waals surface area contributed by atoms with Crippen LogP contribution in [0.5, 0.6) is 0 Å². The first-order valence-electron chi connectivity index (χ1n) is 6.07. The molecule has 100 valence electrons. The molecule has 5 nitrogen and oxygen atoms in total. The molecule has 2 aromatic heterocycles. The lowest BCUT2D eigenvalue weighted by Crippen LogP contribution is -2.26. The lowest BCUT2D eigenvalue weighted by atomic mass is 10.2. The third-order valence-corrected chi connectivity index (χ3v) is 4.01. The minimum absolute atomic E-state index is 0.115. The number of thiazole rings is 1. The summed E-state index contributed by atoms with van der Waals surface area (Å²) in [6.45, 7) is 4.00. The molecule has 0 radical (unpaired) electrons. The number of pyridine rings is 1. The SMILES string of the molecule is CCc1cnc(C(C)NC(=O)c2ccc(N)nc2)s1. The lowest BCUT2D eigenvalue weighted by molar-refractivity contribution is 0.0939. The molecule has 0 spiro atoms. The van der Waals surface area contributed by atoms with Crippen LogP contribution in [0.3, 0.4) is 0 Å². The van der Waals surface area contributed by atoms with E-state index in [-0.39, 0.29) is 11.9 Å². The Bertz CT molecular complexity index is 564. The Labute approximate surface area is 115 Å². The van der Waals surface area contributed by atoms with E-state index in [4.69, 9.17) is 5.73 Å². The van der Waals surface area contributed by atoms with Crippen molar-refractivity contribution in [3.8, 4) is 0 Å². The smallest absolute Gasteiger partial charge is 0.253 e. The van der Waals surface area contributed by atoms with E-state index in [2.05, 4.69) is 22.2 Å². The predicted octanol–water partition coefficient (Wildman–Crippen LogP) is 2.17. The van der Waals surface area contributed by atoms with E-state index in [9.17, 15) is 4.79 Å². The normalized spacial score (nSPS) is 12.1. The highest BCUT2D eigenvalue weighted by molar-refractivity contribution is 7.11. The van der Waals surface area contributed by atoms with Crippen LogP contribution in [0.4, 0.5) is 5.82 Å². The van der Waals surface area contributed by atoms with Gasteiger partial charge in [0.05, 0.1) is 11.6 Å². The average Bonchev–Trinajstić information content (AvgIpc) is 2.88. The number of nitrogen functional groups attached to an aromatic ring is 1. The van der Waals surface area contributed by atoms with Crippen LogP contribution in [0.25, 0.3) is 0 Å². The first-order valence-corrected chi connectivity index (χ1v) is 6.88. The molecule has 0 aliphatic carbocycles. The predicted molar refractivity (Wildman–Crippen MR) is 76.0 cm³/mol. The van der Waals surface area contributed by atoms with Crippen LogP contribution in [0.15, 0.2) is 24.5 Å². The van der Waals surface area contributed by atoms with Crippen molar-refractivity contribution in [1.29, 1.82) is 0 Å². The monoisotopic (exact) mass is 276 g/mol. The molecular weight excluding hydrogens is 260 g/mol. The number of hydrogen-bond acceptors (Lipinski definition) is 5. The fourth-order valence-electron chi connectivity index (χ4n) is 1.57. The van der Waals surface area contributed by atoms with E-state index in [0.717, 1.165) is 11.4 Å². The second-order valence-corrected chi connectivity index (χ2v) is 5.33. The summed E-state index contributed by atoms with van der Waals surface area (Å²) in [5.41, 5.74) is 5.98. The van der Waals surface area contributed by atoms with Crippen molar-refractivity contribution < 1.29 is 4.79 Å². The minimum Gasteiger partial charge on any atom is -0.384 e. The van der Waals surface area contributed by atoms with Crippen molar-refractivity contribution in [2.24, 2.45) is 0 Å². The number of carbonyl (C=O) groups excluding carboxylic acids is 1. The molecule has 0 aromatic carbocycles. The zero-order chi connectivity index (χ0) is 13.8. The number of nitrogens with zero attached hydrogens (tertiary/aromatic N) is 2. The third kappa shape index (κ3) is 3.29. The Morgan fingerprint density at radius 1 is 1.42 bits per heavy atom. The zero-order valence-corrected chi connectivity index (χ0v) is 11.7. The molecule has 0 aliphatic heterocycles. The van der Waals surface area contributed by atoms with Gasteiger partial charge in [-0.3, -0.25) is 4.79 Å². The van der Waals surface area contributed by atoms with Crippen LogP contribution in [0.2, 0.25) is 0 Å². The zero-order valence-electron chi connectivity index (χ0n) is 10.9. The highest BCUT2D eigenvalue weighted by atomic mass is 32.1. The minimum atomic E-state index is -0.173. The number of aryl methyl sites for hydroxylation is 1. The lowest BCUT2D eigenvalue weighted by Gasteiger charge is -2.11. The van der Waals surface area contributed by atoms with Crippen LogP contribution >= 0.6 is 11.3 Å². The highest BCUT2D eigenvalue weighted by Gasteiger charge is 2.14. The van der Waals surface area contributed by atoms with Crippen molar-refractivity contribution in [3.63, 3.8) is 0 Å². The summed E-state index contributed by atoms with van der Waals surface area (Å²) in [6, 6.07) is 3.15.